The average molecular weight is 268 g/mol. The van der Waals surface area contributed by atoms with Crippen molar-refractivity contribution >= 4 is 5.69 Å². The van der Waals surface area contributed by atoms with Crippen LogP contribution in [0, 0.1) is 27.4 Å². The molecule has 0 N–H and O–H groups in total. The van der Waals surface area contributed by atoms with Crippen molar-refractivity contribution in [1.29, 1.82) is 5.26 Å². The van der Waals surface area contributed by atoms with E-state index in [0.29, 0.717) is 5.92 Å². The first-order chi connectivity index (χ1) is 9.60. The highest BCUT2D eigenvalue weighted by molar-refractivity contribution is 5.36. The summed E-state index contributed by atoms with van der Waals surface area (Å²) >= 11 is 0. The molecule has 0 aliphatic heterocycles. The summed E-state index contributed by atoms with van der Waals surface area (Å²) in [5, 5.41) is 19.9. The third kappa shape index (κ3) is 3.33. The first-order valence-corrected chi connectivity index (χ1v) is 6.59. The van der Waals surface area contributed by atoms with Crippen LogP contribution in [0.15, 0.2) is 48.1 Å². The van der Waals surface area contributed by atoms with E-state index >= 15 is 0 Å². The van der Waals surface area contributed by atoms with Crippen molar-refractivity contribution in [3.05, 3.63) is 63.7 Å². The van der Waals surface area contributed by atoms with Gasteiger partial charge >= 0.3 is 0 Å². The van der Waals surface area contributed by atoms with Gasteiger partial charge in [0, 0.05) is 12.1 Å². The van der Waals surface area contributed by atoms with Crippen molar-refractivity contribution in [3.8, 4) is 6.07 Å². The predicted molar refractivity (Wildman–Crippen MR) is 77.1 cm³/mol. The second-order valence-corrected chi connectivity index (χ2v) is 5.07. The molecule has 0 fully saturated rings. The molecule has 0 saturated heterocycles. The molecule has 0 heterocycles. The smallest absolute Gasteiger partial charge is 0.258 e. The number of nitro benzene ring substituents is 1. The molecule has 102 valence electrons. The van der Waals surface area contributed by atoms with E-state index in [-0.39, 0.29) is 11.6 Å². The van der Waals surface area contributed by atoms with Crippen LogP contribution in [-0.4, -0.2) is 4.92 Å². The minimum atomic E-state index is -0.428. The minimum absolute atomic E-state index is 0.0570. The maximum Gasteiger partial charge on any atom is 0.269 e. The molecule has 1 aromatic carbocycles. The van der Waals surface area contributed by atoms with Gasteiger partial charge in [0.15, 0.2) is 0 Å². The molecule has 1 aromatic rings. The zero-order valence-electron chi connectivity index (χ0n) is 11.3. The van der Waals surface area contributed by atoms with Gasteiger partial charge in [-0.2, -0.15) is 5.26 Å². The lowest BCUT2D eigenvalue weighted by Crippen LogP contribution is -2.06. The van der Waals surface area contributed by atoms with Gasteiger partial charge in [0.05, 0.1) is 16.9 Å². The maximum atomic E-state index is 10.6. The van der Waals surface area contributed by atoms with E-state index in [1.54, 1.807) is 12.1 Å². The Morgan fingerprint density at radius 1 is 1.45 bits per heavy atom. The number of nitriles is 1. The molecule has 4 heteroatoms. The van der Waals surface area contributed by atoms with Crippen LogP contribution in [0.5, 0.6) is 0 Å². The maximum absolute atomic E-state index is 10.6. The third-order valence-corrected chi connectivity index (χ3v) is 3.57. The Kier molecular flexibility index (Phi) is 4.31. The summed E-state index contributed by atoms with van der Waals surface area (Å²) in [6.45, 7) is 2.06. The number of hydrogen-bond donors (Lipinski definition) is 0. The van der Waals surface area contributed by atoms with Crippen LogP contribution in [0.1, 0.15) is 31.2 Å². The highest BCUT2D eigenvalue weighted by Crippen LogP contribution is 2.29. The zero-order valence-corrected chi connectivity index (χ0v) is 11.3. The van der Waals surface area contributed by atoms with E-state index in [1.165, 1.54) is 17.7 Å². The summed E-state index contributed by atoms with van der Waals surface area (Å²) in [4.78, 5) is 10.2. The lowest BCUT2D eigenvalue weighted by atomic mass is 9.85. The zero-order chi connectivity index (χ0) is 14.5. The first-order valence-electron chi connectivity index (χ1n) is 6.59. The van der Waals surface area contributed by atoms with Gasteiger partial charge < -0.3 is 0 Å². The molecule has 0 bridgehead atoms. The first kappa shape index (κ1) is 14.0. The second kappa shape index (κ2) is 6.16. The van der Waals surface area contributed by atoms with E-state index in [2.05, 4.69) is 31.2 Å². The quantitative estimate of drug-likeness (QED) is 0.609. The van der Waals surface area contributed by atoms with Crippen molar-refractivity contribution < 1.29 is 4.92 Å². The summed E-state index contributed by atoms with van der Waals surface area (Å²) in [7, 11) is 0. The van der Waals surface area contributed by atoms with Gasteiger partial charge in [-0.3, -0.25) is 10.1 Å². The van der Waals surface area contributed by atoms with Crippen LogP contribution in [0.25, 0.3) is 0 Å². The van der Waals surface area contributed by atoms with Crippen LogP contribution in [-0.2, 0) is 0 Å². The van der Waals surface area contributed by atoms with Gasteiger partial charge in [-0.15, -0.1) is 0 Å². The Balaban J connectivity index is 2.07. The highest BCUT2D eigenvalue weighted by Gasteiger charge is 2.18. The average Bonchev–Trinajstić information content (AvgIpc) is 2.47. The van der Waals surface area contributed by atoms with Crippen LogP contribution >= 0.6 is 0 Å². The molecular weight excluding hydrogens is 252 g/mol. The Morgan fingerprint density at radius 2 is 2.15 bits per heavy atom. The molecule has 0 aromatic heterocycles. The summed E-state index contributed by atoms with van der Waals surface area (Å²) < 4.78 is 0. The molecule has 2 rings (SSSR count). The Bertz CT molecular complexity index is 594. The Morgan fingerprint density at radius 3 is 2.65 bits per heavy atom. The summed E-state index contributed by atoms with van der Waals surface area (Å²) in [5.74, 6) is 0.135. The molecule has 2 unspecified atom stereocenters. The molecule has 0 spiro atoms. The lowest BCUT2D eigenvalue weighted by molar-refractivity contribution is -0.384. The number of benzene rings is 1. The van der Waals surface area contributed by atoms with Gasteiger partial charge in [0.2, 0.25) is 0 Å². The number of rotatable bonds is 4. The summed E-state index contributed by atoms with van der Waals surface area (Å²) in [6, 6.07) is 8.58. The number of allylic oxidation sites excluding steroid dienone is 4. The third-order valence-electron chi connectivity index (χ3n) is 3.57. The minimum Gasteiger partial charge on any atom is -0.258 e. The Hall–Kier alpha value is -2.41. The number of nitro groups is 1. The van der Waals surface area contributed by atoms with E-state index in [9.17, 15) is 15.4 Å². The van der Waals surface area contributed by atoms with Crippen molar-refractivity contribution in [2.24, 2.45) is 5.92 Å². The van der Waals surface area contributed by atoms with Gasteiger partial charge in [0.1, 0.15) is 0 Å². The molecule has 2 atom stereocenters. The van der Waals surface area contributed by atoms with E-state index < -0.39 is 4.92 Å². The lowest BCUT2D eigenvalue weighted by Gasteiger charge is -2.18. The van der Waals surface area contributed by atoms with E-state index in [0.717, 1.165) is 18.4 Å². The predicted octanol–water partition coefficient (Wildman–Crippen LogP) is 4.11. The van der Waals surface area contributed by atoms with Gasteiger partial charge in [-0.05, 0) is 31.2 Å². The van der Waals surface area contributed by atoms with Gasteiger partial charge in [-0.25, -0.2) is 0 Å². The van der Waals surface area contributed by atoms with Crippen molar-refractivity contribution in [1.82, 2.24) is 0 Å². The fraction of sp³-hybridized carbons (Fsp3) is 0.312. The monoisotopic (exact) mass is 268 g/mol. The largest absolute Gasteiger partial charge is 0.269 e. The van der Waals surface area contributed by atoms with Crippen LogP contribution in [0.3, 0.4) is 0 Å². The molecule has 1 aliphatic carbocycles. The molecular formula is C16H16N2O2. The molecule has 20 heavy (non-hydrogen) atoms. The normalized spacial score (nSPS) is 19.0. The van der Waals surface area contributed by atoms with E-state index in [4.69, 9.17) is 0 Å². The standard InChI is InChI=1S/C16H16N2O2/c1-12-2-4-13(5-3-12)10-15(11-17)14-6-8-16(9-7-14)18(19)20/h2-4,6-9,13,15H,5,10H2,1H3. The Labute approximate surface area is 118 Å². The van der Waals surface area contributed by atoms with Crippen molar-refractivity contribution in [3.63, 3.8) is 0 Å². The molecule has 0 amide bonds. The molecule has 4 nitrogen and oxygen atoms in total. The SMILES string of the molecule is CC1=CCC(CC(C#N)c2ccc([N+](=O)[O-])cc2)C=C1. The van der Waals surface area contributed by atoms with Gasteiger partial charge in [0.25, 0.3) is 5.69 Å². The van der Waals surface area contributed by atoms with Gasteiger partial charge in [-0.1, -0.05) is 35.9 Å². The fourth-order valence-electron chi connectivity index (χ4n) is 2.34. The molecule has 0 saturated carbocycles. The number of hydrogen-bond acceptors (Lipinski definition) is 3. The second-order valence-electron chi connectivity index (χ2n) is 5.07. The highest BCUT2D eigenvalue weighted by atomic mass is 16.6. The van der Waals surface area contributed by atoms with Crippen LogP contribution < -0.4 is 0 Å². The number of nitrogens with zero attached hydrogens (tertiary/aromatic N) is 2. The topological polar surface area (TPSA) is 66.9 Å². The summed E-state index contributed by atoms with van der Waals surface area (Å²) in [6.07, 6.45) is 8.10. The molecule has 0 radical (unpaired) electrons. The van der Waals surface area contributed by atoms with Crippen LogP contribution in [0.4, 0.5) is 5.69 Å². The fourth-order valence-corrected chi connectivity index (χ4v) is 2.34. The van der Waals surface area contributed by atoms with E-state index in [1.807, 2.05) is 0 Å². The molecule has 1 aliphatic rings. The summed E-state index contributed by atoms with van der Waals surface area (Å²) in [5.41, 5.74) is 2.16. The number of non-ortho nitro benzene ring substituents is 1. The van der Waals surface area contributed by atoms with Crippen molar-refractivity contribution in [2.45, 2.75) is 25.7 Å². The van der Waals surface area contributed by atoms with Crippen LogP contribution in [0.2, 0.25) is 0 Å². The van der Waals surface area contributed by atoms with Crippen molar-refractivity contribution in [2.75, 3.05) is 0 Å².